The van der Waals surface area contributed by atoms with Gasteiger partial charge in [-0.2, -0.15) is 0 Å². The maximum absolute atomic E-state index is 5.67. The molecule has 0 spiro atoms. The summed E-state index contributed by atoms with van der Waals surface area (Å²) in [5.41, 5.74) is 8.47. The van der Waals surface area contributed by atoms with E-state index in [4.69, 9.17) is 5.73 Å². The predicted molar refractivity (Wildman–Crippen MR) is 69.9 cm³/mol. The van der Waals surface area contributed by atoms with Crippen molar-refractivity contribution in [3.05, 3.63) is 29.8 Å². The first-order valence-corrected chi connectivity index (χ1v) is 6.35. The van der Waals surface area contributed by atoms with E-state index in [2.05, 4.69) is 43.0 Å². The van der Waals surface area contributed by atoms with Gasteiger partial charge in [-0.15, -0.1) is 0 Å². The molecule has 2 nitrogen and oxygen atoms in total. The van der Waals surface area contributed by atoms with Crippen molar-refractivity contribution < 1.29 is 0 Å². The fourth-order valence-corrected chi connectivity index (χ4v) is 2.44. The van der Waals surface area contributed by atoms with Crippen molar-refractivity contribution in [3.8, 4) is 0 Å². The van der Waals surface area contributed by atoms with Crippen molar-refractivity contribution in [1.29, 1.82) is 0 Å². The van der Waals surface area contributed by atoms with Gasteiger partial charge in [0.1, 0.15) is 0 Å². The molecule has 0 bridgehead atoms. The van der Waals surface area contributed by atoms with E-state index in [-0.39, 0.29) is 0 Å². The molecule has 1 aromatic carbocycles. The largest absolute Gasteiger partial charge is 0.372 e. The Hall–Kier alpha value is -1.02. The minimum atomic E-state index is 0.732. The van der Waals surface area contributed by atoms with Gasteiger partial charge in [0, 0.05) is 18.8 Å². The van der Waals surface area contributed by atoms with Crippen LogP contribution in [0.25, 0.3) is 0 Å². The molecule has 0 aromatic heterocycles. The highest BCUT2D eigenvalue weighted by Gasteiger charge is 2.36. The lowest BCUT2D eigenvalue weighted by Crippen LogP contribution is -2.21. The zero-order valence-electron chi connectivity index (χ0n) is 10.3. The predicted octanol–water partition coefficient (Wildman–Crippen LogP) is 2.60. The molecule has 0 saturated heterocycles. The summed E-state index contributed by atoms with van der Waals surface area (Å²) in [6, 6.07) is 9.03. The number of anilines is 1. The molecule has 1 aliphatic rings. The number of hydrogen-bond acceptors (Lipinski definition) is 2. The molecule has 88 valence electrons. The van der Waals surface area contributed by atoms with E-state index in [1.807, 2.05) is 0 Å². The lowest BCUT2D eigenvalue weighted by molar-refractivity contribution is 0.809. The molecule has 1 saturated carbocycles. The third-order valence-corrected chi connectivity index (χ3v) is 3.68. The third-order valence-electron chi connectivity index (χ3n) is 3.68. The van der Waals surface area contributed by atoms with Crippen LogP contribution >= 0.6 is 0 Å². The monoisotopic (exact) mass is 218 g/mol. The Morgan fingerprint density at radius 1 is 1.19 bits per heavy atom. The van der Waals surface area contributed by atoms with Crippen LogP contribution in [0.3, 0.4) is 0 Å². The molecule has 0 aliphatic heterocycles. The zero-order valence-corrected chi connectivity index (χ0v) is 10.3. The van der Waals surface area contributed by atoms with Gasteiger partial charge in [-0.3, -0.25) is 0 Å². The second-order valence-corrected chi connectivity index (χ2v) is 4.60. The lowest BCUT2D eigenvalue weighted by atomic mass is 10.1. The highest BCUT2D eigenvalue weighted by Crippen LogP contribution is 2.46. The molecule has 0 unspecified atom stereocenters. The van der Waals surface area contributed by atoms with Crippen molar-refractivity contribution in [3.63, 3.8) is 0 Å². The van der Waals surface area contributed by atoms with Gasteiger partial charge < -0.3 is 10.6 Å². The summed E-state index contributed by atoms with van der Waals surface area (Å²) in [7, 11) is 0. The lowest BCUT2D eigenvalue weighted by Gasteiger charge is -2.21. The number of rotatable bonds is 5. The Morgan fingerprint density at radius 3 is 2.25 bits per heavy atom. The first kappa shape index (κ1) is 11.5. The van der Waals surface area contributed by atoms with Gasteiger partial charge in [0.05, 0.1) is 0 Å². The minimum Gasteiger partial charge on any atom is -0.372 e. The van der Waals surface area contributed by atoms with E-state index in [0.717, 1.165) is 31.5 Å². The molecule has 16 heavy (non-hydrogen) atoms. The van der Waals surface area contributed by atoms with Crippen LogP contribution in [0.4, 0.5) is 5.69 Å². The van der Waals surface area contributed by atoms with Crippen molar-refractivity contribution in [2.75, 3.05) is 24.5 Å². The van der Waals surface area contributed by atoms with Crippen LogP contribution in [0.1, 0.15) is 31.7 Å². The van der Waals surface area contributed by atoms with Crippen LogP contribution in [0.2, 0.25) is 0 Å². The first-order chi connectivity index (χ1) is 7.80. The molecular formula is C14H22N2. The molecular weight excluding hydrogens is 196 g/mol. The van der Waals surface area contributed by atoms with E-state index in [0.29, 0.717) is 0 Å². The van der Waals surface area contributed by atoms with Crippen LogP contribution in [0.15, 0.2) is 24.3 Å². The Bertz CT molecular complexity index is 327. The SMILES string of the molecule is CCN(CC)c1ccc([C@@H]2C[C@@H]2CN)cc1. The van der Waals surface area contributed by atoms with E-state index in [1.165, 1.54) is 17.7 Å². The van der Waals surface area contributed by atoms with Crippen molar-refractivity contribution in [2.24, 2.45) is 11.7 Å². The number of nitrogens with two attached hydrogens (primary N) is 1. The summed E-state index contributed by atoms with van der Waals surface area (Å²) in [6.45, 7) is 7.38. The maximum atomic E-state index is 5.67. The van der Waals surface area contributed by atoms with Crippen LogP contribution in [-0.2, 0) is 0 Å². The smallest absolute Gasteiger partial charge is 0.0366 e. The number of benzene rings is 1. The first-order valence-electron chi connectivity index (χ1n) is 6.35. The molecule has 1 aliphatic carbocycles. The van der Waals surface area contributed by atoms with Gasteiger partial charge in [0.2, 0.25) is 0 Å². The van der Waals surface area contributed by atoms with Crippen LogP contribution < -0.4 is 10.6 Å². The molecule has 2 rings (SSSR count). The van der Waals surface area contributed by atoms with Crippen LogP contribution in [-0.4, -0.2) is 19.6 Å². The summed E-state index contributed by atoms with van der Waals surface area (Å²) in [5, 5.41) is 0. The topological polar surface area (TPSA) is 29.3 Å². The van der Waals surface area contributed by atoms with Crippen LogP contribution in [0, 0.1) is 5.92 Å². The Balaban J connectivity index is 2.05. The number of nitrogens with zero attached hydrogens (tertiary/aromatic N) is 1. The highest BCUT2D eigenvalue weighted by atomic mass is 15.1. The zero-order chi connectivity index (χ0) is 11.5. The van der Waals surface area contributed by atoms with Gasteiger partial charge in [-0.25, -0.2) is 0 Å². The number of hydrogen-bond donors (Lipinski definition) is 1. The standard InChI is InChI=1S/C14H22N2/c1-3-16(4-2)13-7-5-11(6-8-13)14-9-12(14)10-15/h5-8,12,14H,3-4,9-10,15H2,1-2H3/t12-,14+/m1/s1. The molecule has 2 heteroatoms. The van der Waals surface area contributed by atoms with Gasteiger partial charge in [-0.1, -0.05) is 12.1 Å². The quantitative estimate of drug-likeness (QED) is 0.823. The van der Waals surface area contributed by atoms with Crippen molar-refractivity contribution in [2.45, 2.75) is 26.2 Å². The summed E-state index contributed by atoms with van der Waals surface area (Å²) in [4.78, 5) is 2.37. The van der Waals surface area contributed by atoms with E-state index in [9.17, 15) is 0 Å². The van der Waals surface area contributed by atoms with E-state index < -0.39 is 0 Å². The fourth-order valence-electron chi connectivity index (χ4n) is 2.44. The molecule has 1 aromatic rings. The van der Waals surface area contributed by atoms with Gasteiger partial charge >= 0.3 is 0 Å². The van der Waals surface area contributed by atoms with Gasteiger partial charge in [-0.05, 0) is 56.3 Å². The molecule has 0 heterocycles. The van der Waals surface area contributed by atoms with E-state index in [1.54, 1.807) is 0 Å². The average Bonchev–Trinajstić information content (AvgIpc) is 3.11. The summed E-state index contributed by atoms with van der Waals surface area (Å²) < 4.78 is 0. The summed E-state index contributed by atoms with van der Waals surface area (Å²) >= 11 is 0. The van der Waals surface area contributed by atoms with Gasteiger partial charge in [0.25, 0.3) is 0 Å². The van der Waals surface area contributed by atoms with E-state index >= 15 is 0 Å². The van der Waals surface area contributed by atoms with Crippen LogP contribution in [0.5, 0.6) is 0 Å². The second kappa shape index (κ2) is 4.88. The third kappa shape index (κ3) is 2.22. The average molecular weight is 218 g/mol. The van der Waals surface area contributed by atoms with Gasteiger partial charge in [0.15, 0.2) is 0 Å². The normalized spacial score (nSPS) is 23.2. The fraction of sp³-hybridized carbons (Fsp3) is 0.571. The Kier molecular flexibility index (Phi) is 3.49. The van der Waals surface area contributed by atoms with Crippen molar-refractivity contribution in [1.82, 2.24) is 0 Å². The summed E-state index contributed by atoms with van der Waals surface area (Å²) in [5.74, 6) is 1.47. The maximum Gasteiger partial charge on any atom is 0.0366 e. The molecule has 1 fully saturated rings. The summed E-state index contributed by atoms with van der Waals surface area (Å²) in [6.07, 6.45) is 1.28. The highest BCUT2D eigenvalue weighted by molar-refractivity contribution is 5.48. The minimum absolute atomic E-state index is 0.732. The van der Waals surface area contributed by atoms with Crippen molar-refractivity contribution >= 4 is 5.69 Å². The molecule has 2 atom stereocenters. The Labute approximate surface area is 98.4 Å². The molecule has 0 amide bonds. The second-order valence-electron chi connectivity index (χ2n) is 4.60. The molecule has 2 N–H and O–H groups in total. The Morgan fingerprint density at radius 2 is 1.81 bits per heavy atom. The molecule has 0 radical (unpaired) electrons.